The zero-order valence-corrected chi connectivity index (χ0v) is 11.8. The Morgan fingerprint density at radius 2 is 2.16 bits per heavy atom. The first-order chi connectivity index (χ1) is 9.02. The Kier molecular flexibility index (Phi) is 6.14. The van der Waals surface area contributed by atoms with Crippen molar-refractivity contribution in [2.75, 3.05) is 11.9 Å². The fourth-order valence-electron chi connectivity index (χ4n) is 1.14. The van der Waals surface area contributed by atoms with Crippen LogP contribution in [0.3, 0.4) is 0 Å². The zero-order chi connectivity index (χ0) is 14.3. The summed E-state index contributed by atoms with van der Waals surface area (Å²) < 4.78 is 4.77. The summed E-state index contributed by atoms with van der Waals surface area (Å²) in [6.07, 6.45) is 1.58. The zero-order valence-electron chi connectivity index (χ0n) is 11.0. The summed E-state index contributed by atoms with van der Waals surface area (Å²) in [6, 6.07) is 0. The molecule has 0 radical (unpaired) electrons. The number of carbonyl (C=O) groups excluding carboxylic acids is 2. The minimum absolute atomic E-state index is 0.0372. The Labute approximate surface area is 115 Å². The Morgan fingerprint density at radius 3 is 2.74 bits per heavy atom. The molecule has 0 fully saturated rings. The summed E-state index contributed by atoms with van der Waals surface area (Å²) in [7, 11) is 0. The topological polar surface area (TPSA) is 81.2 Å². The van der Waals surface area contributed by atoms with E-state index in [1.165, 1.54) is 17.4 Å². The third-order valence-electron chi connectivity index (χ3n) is 2.10. The van der Waals surface area contributed by atoms with Crippen LogP contribution in [0.5, 0.6) is 0 Å². The highest BCUT2D eigenvalue weighted by molar-refractivity contribution is 7.15. The van der Waals surface area contributed by atoms with Crippen molar-refractivity contribution < 1.29 is 14.3 Å². The van der Waals surface area contributed by atoms with Gasteiger partial charge in [-0.1, -0.05) is 37.8 Å². The fraction of sp³-hybridized carbons (Fsp3) is 0.500. The number of hydrogen-bond donors (Lipinski definition) is 1. The van der Waals surface area contributed by atoms with Gasteiger partial charge in [0.25, 0.3) is 0 Å². The van der Waals surface area contributed by atoms with Crippen molar-refractivity contribution in [3.05, 3.63) is 17.7 Å². The number of amides is 1. The molecular weight excluding hydrogens is 266 g/mol. The van der Waals surface area contributed by atoms with E-state index in [2.05, 4.69) is 22.1 Å². The average Bonchev–Trinajstić information content (AvgIpc) is 2.82. The van der Waals surface area contributed by atoms with Crippen molar-refractivity contribution in [2.45, 2.75) is 32.6 Å². The van der Waals surface area contributed by atoms with Gasteiger partial charge in [0.1, 0.15) is 11.6 Å². The number of nitrogens with zero attached hydrogens (tertiary/aromatic N) is 2. The van der Waals surface area contributed by atoms with Gasteiger partial charge in [-0.05, 0) is 0 Å². The largest absolute Gasteiger partial charge is 0.461 e. The van der Waals surface area contributed by atoms with Gasteiger partial charge in [0.2, 0.25) is 11.0 Å². The van der Waals surface area contributed by atoms with Gasteiger partial charge >= 0.3 is 5.97 Å². The quantitative estimate of drug-likeness (QED) is 0.612. The minimum atomic E-state index is -0.421. The van der Waals surface area contributed by atoms with Crippen molar-refractivity contribution in [2.24, 2.45) is 0 Å². The molecule has 1 heterocycles. The van der Waals surface area contributed by atoms with Gasteiger partial charge in [0.15, 0.2) is 0 Å². The Balaban J connectivity index is 2.34. The second-order valence-corrected chi connectivity index (χ2v) is 5.13. The van der Waals surface area contributed by atoms with E-state index in [9.17, 15) is 9.59 Å². The van der Waals surface area contributed by atoms with Crippen molar-refractivity contribution >= 4 is 28.3 Å². The number of ether oxygens (including phenoxy) is 1. The van der Waals surface area contributed by atoms with Crippen LogP contribution >= 0.6 is 11.3 Å². The van der Waals surface area contributed by atoms with Crippen LogP contribution in [0.2, 0.25) is 0 Å². The van der Waals surface area contributed by atoms with Gasteiger partial charge in [-0.2, -0.15) is 0 Å². The molecule has 7 heteroatoms. The highest BCUT2D eigenvalue weighted by Crippen LogP contribution is 2.22. The molecule has 0 bridgehead atoms. The number of carbonyl (C=O) groups is 2. The van der Waals surface area contributed by atoms with E-state index >= 15 is 0 Å². The van der Waals surface area contributed by atoms with Crippen LogP contribution in [0.15, 0.2) is 12.7 Å². The molecule has 1 aromatic rings. The SMILES string of the molecule is C=CCOC(=O)CCC(=O)Nc1nnc(C(C)C)s1. The maximum absolute atomic E-state index is 11.6. The molecule has 0 saturated carbocycles. The average molecular weight is 283 g/mol. The normalized spacial score (nSPS) is 10.3. The van der Waals surface area contributed by atoms with Crippen molar-refractivity contribution in [1.29, 1.82) is 0 Å². The van der Waals surface area contributed by atoms with Crippen LogP contribution in [-0.4, -0.2) is 28.7 Å². The molecular formula is C12H17N3O3S. The van der Waals surface area contributed by atoms with Crippen molar-refractivity contribution in [1.82, 2.24) is 10.2 Å². The second-order valence-electron chi connectivity index (χ2n) is 4.12. The Bertz CT molecular complexity index is 457. The molecule has 0 unspecified atom stereocenters. The van der Waals surface area contributed by atoms with E-state index < -0.39 is 5.97 Å². The third kappa shape index (κ3) is 5.60. The molecule has 1 N–H and O–H groups in total. The molecule has 0 aromatic carbocycles. The van der Waals surface area contributed by atoms with E-state index in [4.69, 9.17) is 4.74 Å². The van der Waals surface area contributed by atoms with Crippen LogP contribution < -0.4 is 5.32 Å². The smallest absolute Gasteiger partial charge is 0.306 e. The highest BCUT2D eigenvalue weighted by atomic mass is 32.1. The number of hydrogen-bond acceptors (Lipinski definition) is 6. The fourth-order valence-corrected chi connectivity index (χ4v) is 1.90. The second kappa shape index (κ2) is 7.63. The predicted octanol–water partition coefficient (Wildman–Crippen LogP) is 2.11. The molecule has 1 amide bonds. The van der Waals surface area contributed by atoms with E-state index in [0.29, 0.717) is 5.13 Å². The number of rotatable bonds is 7. The van der Waals surface area contributed by atoms with E-state index in [1.807, 2.05) is 13.8 Å². The maximum atomic E-state index is 11.6. The molecule has 0 aliphatic carbocycles. The predicted molar refractivity (Wildman–Crippen MR) is 73.0 cm³/mol. The first-order valence-electron chi connectivity index (χ1n) is 5.92. The molecule has 19 heavy (non-hydrogen) atoms. The Morgan fingerprint density at radius 1 is 1.42 bits per heavy atom. The number of anilines is 1. The van der Waals surface area contributed by atoms with Gasteiger partial charge in [-0.3, -0.25) is 9.59 Å². The van der Waals surface area contributed by atoms with Gasteiger partial charge < -0.3 is 10.1 Å². The third-order valence-corrected chi connectivity index (χ3v) is 3.24. The number of nitrogens with one attached hydrogen (secondary N) is 1. The summed E-state index contributed by atoms with van der Waals surface area (Å²) in [5.41, 5.74) is 0. The number of esters is 1. The lowest BCUT2D eigenvalue weighted by Gasteiger charge is -2.02. The number of aromatic nitrogens is 2. The van der Waals surface area contributed by atoms with Crippen LogP contribution in [0.4, 0.5) is 5.13 Å². The van der Waals surface area contributed by atoms with Gasteiger partial charge in [0.05, 0.1) is 6.42 Å². The lowest BCUT2D eigenvalue weighted by Crippen LogP contribution is -2.14. The van der Waals surface area contributed by atoms with Crippen LogP contribution in [0, 0.1) is 0 Å². The summed E-state index contributed by atoms with van der Waals surface area (Å²) in [5.74, 6) is -0.422. The molecule has 0 atom stereocenters. The van der Waals surface area contributed by atoms with Gasteiger partial charge in [-0.25, -0.2) is 0 Å². The molecule has 104 valence electrons. The molecule has 1 aromatic heterocycles. The Hall–Kier alpha value is -1.76. The first kappa shape index (κ1) is 15.3. The summed E-state index contributed by atoms with van der Waals surface area (Å²) >= 11 is 1.33. The summed E-state index contributed by atoms with van der Waals surface area (Å²) in [5, 5.41) is 11.7. The van der Waals surface area contributed by atoms with Gasteiger partial charge in [-0.15, -0.1) is 10.2 Å². The highest BCUT2D eigenvalue weighted by Gasteiger charge is 2.12. The van der Waals surface area contributed by atoms with E-state index in [0.717, 1.165) is 5.01 Å². The monoisotopic (exact) mass is 283 g/mol. The molecule has 6 nitrogen and oxygen atoms in total. The van der Waals surface area contributed by atoms with Crippen molar-refractivity contribution in [3.8, 4) is 0 Å². The van der Waals surface area contributed by atoms with Gasteiger partial charge in [0, 0.05) is 12.3 Å². The molecule has 0 saturated heterocycles. The maximum Gasteiger partial charge on any atom is 0.306 e. The van der Waals surface area contributed by atoms with Crippen LogP contribution in [0.25, 0.3) is 0 Å². The first-order valence-corrected chi connectivity index (χ1v) is 6.74. The van der Waals surface area contributed by atoms with Crippen LogP contribution in [-0.2, 0) is 14.3 Å². The summed E-state index contributed by atoms with van der Waals surface area (Å²) in [4.78, 5) is 22.7. The minimum Gasteiger partial charge on any atom is -0.461 e. The van der Waals surface area contributed by atoms with E-state index in [1.54, 1.807) is 0 Å². The molecule has 0 aliphatic rings. The summed E-state index contributed by atoms with van der Waals surface area (Å²) in [6.45, 7) is 7.59. The molecule has 1 rings (SSSR count). The lowest BCUT2D eigenvalue weighted by atomic mass is 10.2. The standard InChI is InChI=1S/C12H17N3O3S/c1-4-7-18-10(17)6-5-9(16)13-12-15-14-11(19-12)8(2)3/h4,8H,1,5-7H2,2-3H3,(H,13,15,16). The van der Waals surface area contributed by atoms with Crippen molar-refractivity contribution in [3.63, 3.8) is 0 Å². The molecule has 0 aliphatic heterocycles. The lowest BCUT2D eigenvalue weighted by molar-refractivity contribution is -0.143. The van der Waals surface area contributed by atoms with Crippen LogP contribution in [0.1, 0.15) is 37.6 Å². The molecule has 0 spiro atoms. The van der Waals surface area contributed by atoms with E-state index in [-0.39, 0.29) is 31.3 Å².